The van der Waals surface area contributed by atoms with Crippen LogP contribution in [0.2, 0.25) is 10.0 Å². The first kappa shape index (κ1) is 30.4. The Balaban J connectivity index is 2.04. The Kier molecular flexibility index (Phi) is 9.64. The number of carbonyl (C=O) groups is 2. The van der Waals surface area contributed by atoms with Crippen LogP contribution in [0, 0.1) is 5.82 Å². The SMILES string of the molecule is C[C@H](C(=O)NC(C)(C)C)N(Cc1ccc(Cl)cc1Cl)C(=O)CN(c1ccc(F)cc1)S(=O)(=O)c1ccccc1. The zero-order valence-corrected chi connectivity index (χ0v) is 24.3. The van der Waals surface area contributed by atoms with Gasteiger partial charge in [0.05, 0.1) is 10.6 Å². The van der Waals surface area contributed by atoms with Gasteiger partial charge in [-0.25, -0.2) is 12.8 Å². The molecule has 0 aliphatic rings. The number of rotatable bonds is 9. The maximum absolute atomic E-state index is 13.9. The molecule has 208 valence electrons. The van der Waals surface area contributed by atoms with Crippen molar-refractivity contribution >= 4 is 50.7 Å². The van der Waals surface area contributed by atoms with E-state index in [2.05, 4.69) is 5.32 Å². The second kappa shape index (κ2) is 12.4. The number of sulfonamides is 1. The highest BCUT2D eigenvalue weighted by Crippen LogP contribution is 2.26. The molecule has 0 spiro atoms. The summed E-state index contributed by atoms with van der Waals surface area (Å²) in [5.74, 6) is -1.66. The average Bonchev–Trinajstić information content (AvgIpc) is 2.86. The predicted octanol–water partition coefficient (Wildman–Crippen LogP) is 5.66. The highest BCUT2D eigenvalue weighted by molar-refractivity contribution is 7.92. The molecule has 39 heavy (non-hydrogen) atoms. The van der Waals surface area contributed by atoms with Crippen LogP contribution in [0.5, 0.6) is 0 Å². The lowest BCUT2D eigenvalue weighted by molar-refractivity contribution is -0.140. The molecule has 1 N–H and O–H groups in total. The first-order valence-electron chi connectivity index (χ1n) is 12.1. The van der Waals surface area contributed by atoms with Gasteiger partial charge in [0.2, 0.25) is 11.8 Å². The summed E-state index contributed by atoms with van der Waals surface area (Å²) in [6, 6.07) is 16.1. The van der Waals surface area contributed by atoms with E-state index in [0.29, 0.717) is 10.6 Å². The van der Waals surface area contributed by atoms with Crippen molar-refractivity contribution in [2.75, 3.05) is 10.8 Å². The first-order chi connectivity index (χ1) is 18.2. The van der Waals surface area contributed by atoms with E-state index >= 15 is 0 Å². The van der Waals surface area contributed by atoms with Gasteiger partial charge in [-0.3, -0.25) is 13.9 Å². The molecule has 0 unspecified atom stereocenters. The van der Waals surface area contributed by atoms with E-state index in [9.17, 15) is 22.4 Å². The molecule has 11 heteroatoms. The molecule has 0 aromatic heterocycles. The fourth-order valence-corrected chi connectivity index (χ4v) is 5.65. The lowest BCUT2D eigenvalue weighted by Crippen LogP contribution is -2.54. The van der Waals surface area contributed by atoms with Crippen LogP contribution >= 0.6 is 23.2 Å². The molecular weight excluding hydrogens is 564 g/mol. The molecule has 0 fully saturated rings. The van der Waals surface area contributed by atoms with Gasteiger partial charge in [0.25, 0.3) is 10.0 Å². The molecule has 7 nitrogen and oxygen atoms in total. The summed E-state index contributed by atoms with van der Waals surface area (Å²) >= 11 is 12.4. The molecule has 3 rings (SSSR count). The number of anilines is 1. The molecule has 0 aliphatic carbocycles. The summed E-state index contributed by atoms with van der Waals surface area (Å²) in [5, 5.41) is 3.54. The normalized spacial score (nSPS) is 12.5. The van der Waals surface area contributed by atoms with E-state index in [1.165, 1.54) is 35.2 Å². The molecule has 3 aromatic carbocycles. The quantitative estimate of drug-likeness (QED) is 0.347. The fourth-order valence-electron chi connectivity index (χ4n) is 3.75. The minimum absolute atomic E-state index is 0.0482. The minimum Gasteiger partial charge on any atom is -0.350 e. The lowest BCUT2D eigenvalue weighted by Gasteiger charge is -2.33. The largest absolute Gasteiger partial charge is 0.350 e. The molecule has 0 saturated heterocycles. The molecule has 1 atom stereocenters. The van der Waals surface area contributed by atoms with Crippen molar-refractivity contribution in [3.05, 3.63) is 94.2 Å². The fraction of sp³-hybridized carbons (Fsp3) is 0.286. The first-order valence-corrected chi connectivity index (χ1v) is 14.3. The topological polar surface area (TPSA) is 86.8 Å². The molecule has 0 heterocycles. The van der Waals surface area contributed by atoms with Crippen molar-refractivity contribution in [2.24, 2.45) is 0 Å². The van der Waals surface area contributed by atoms with Gasteiger partial charge in [-0.1, -0.05) is 47.5 Å². The summed E-state index contributed by atoms with van der Waals surface area (Å²) in [4.78, 5) is 28.2. The van der Waals surface area contributed by atoms with Gasteiger partial charge in [-0.15, -0.1) is 0 Å². The Morgan fingerprint density at radius 2 is 1.59 bits per heavy atom. The number of halogens is 3. The lowest BCUT2D eigenvalue weighted by atomic mass is 10.1. The number of amides is 2. The number of hydrogen-bond acceptors (Lipinski definition) is 4. The minimum atomic E-state index is -4.24. The van der Waals surface area contributed by atoms with E-state index in [1.54, 1.807) is 37.3 Å². The van der Waals surface area contributed by atoms with E-state index in [1.807, 2.05) is 20.8 Å². The molecule has 0 bridgehead atoms. The maximum atomic E-state index is 13.9. The number of carbonyl (C=O) groups excluding carboxylic acids is 2. The van der Waals surface area contributed by atoms with Gasteiger partial charge < -0.3 is 10.2 Å². The van der Waals surface area contributed by atoms with Gasteiger partial charge in [0.15, 0.2) is 0 Å². The van der Waals surface area contributed by atoms with Crippen molar-refractivity contribution in [3.8, 4) is 0 Å². The second-order valence-electron chi connectivity index (χ2n) is 9.97. The van der Waals surface area contributed by atoms with E-state index in [0.717, 1.165) is 16.4 Å². The van der Waals surface area contributed by atoms with E-state index < -0.39 is 45.8 Å². The van der Waals surface area contributed by atoms with E-state index in [4.69, 9.17) is 23.2 Å². The van der Waals surface area contributed by atoms with Gasteiger partial charge >= 0.3 is 0 Å². The van der Waals surface area contributed by atoms with Crippen LogP contribution in [0.15, 0.2) is 77.7 Å². The van der Waals surface area contributed by atoms with Crippen molar-refractivity contribution in [3.63, 3.8) is 0 Å². The van der Waals surface area contributed by atoms with Gasteiger partial charge in [0.1, 0.15) is 18.4 Å². The highest BCUT2D eigenvalue weighted by atomic mass is 35.5. The Morgan fingerprint density at radius 3 is 2.15 bits per heavy atom. The summed E-state index contributed by atoms with van der Waals surface area (Å²) in [6.07, 6.45) is 0. The summed E-state index contributed by atoms with van der Waals surface area (Å²) < 4.78 is 41.9. The number of hydrogen-bond donors (Lipinski definition) is 1. The standard InChI is InChI=1S/C28H30Cl2FN3O4S/c1-19(27(36)32-28(2,3)4)33(17-20-10-11-21(29)16-25(20)30)26(35)18-34(23-14-12-22(31)13-15-23)39(37,38)24-8-6-5-7-9-24/h5-16,19H,17-18H2,1-4H3,(H,32,36)/t19-/m1/s1. The van der Waals surface area contributed by atoms with Gasteiger partial charge in [-0.05, 0) is 81.8 Å². The zero-order valence-electron chi connectivity index (χ0n) is 22.0. The number of nitrogens with zero attached hydrogens (tertiary/aromatic N) is 2. The monoisotopic (exact) mass is 593 g/mol. The van der Waals surface area contributed by atoms with Crippen LogP contribution in [0.25, 0.3) is 0 Å². The molecule has 0 radical (unpaired) electrons. The third kappa shape index (κ3) is 7.94. The van der Waals surface area contributed by atoms with Crippen molar-refractivity contribution in [2.45, 2.75) is 50.7 Å². The summed E-state index contributed by atoms with van der Waals surface area (Å²) in [7, 11) is -4.24. The van der Waals surface area contributed by atoms with Crippen molar-refractivity contribution in [1.29, 1.82) is 0 Å². The number of nitrogens with one attached hydrogen (secondary N) is 1. The van der Waals surface area contributed by atoms with Crippen LogP contribution in [-0.4, -0.2) is 43.3 Å². The van der Waals surface area contributed by atoms with Crippen LogP contribution in [0.1, 0.15) is 33.3 Å². The smallest absolute Gasteiger partial charge is 0.264 e. The third-order valence-electron chi connectivity index (χ3n) is 5.75. The molecule has 3 aromatic rings. The van der Waals surface area contributed by atoms with Crippen LogP contribution in [0.4, 0.5) is 10.1 Å². The molecule has 0 saturated carbocycles. The summed E-state index contributed by atoms with van der Waals surface area (Å²) in [6.45, 7) is 6.24. The maximum Gasteiger partial charge on any atom is 0.264 e. The Bertz CT molecular complexity index is 1430. The van der Waals surface area contributed by atoms with Crippen LogP contribution in [-0.2, 0) is 26.2 Å². The Morgan fingerprint density at radius 1 is 0.974 bits per heavy atom. The zero-order chi connectivity index (χ0) is 29.0. The summed E-state index contributed by atoms with van der Waals surface area (Å²) in [5.41, 5.74) is 0.0309. The molecule has 0 aliphatic heterocycles. The van der Waals surface area contributed by atoms with Crippen LogP contribution in [0.3, 0.4) is 0 Å². The van der Waals surface area contributed by atoms with Crippen molar-refractivity contribution < 1.29 is 22.4 Å². The van der Waals surface area contributed by atoms with Gasteiger partial charge in [-0.2, -0.15) is 0 Å². The molecular formula is C28H30Cl2FN3O4S. The Hall–Kier alpha value is -3.14. The number of benzene rings is 3. The molecule has 2 amide bonds. The second-order valence-corrected chi connectivity index (χ2v) is 12.7. The van der Waals surface area contributed by atoms with Gasteiger partial charge in [0, 0.05) is 22.1 Å². The third-order valence-corrected chi connectivity index (χ3v) is 8.12. The van der Waals surface area contributed by atoms with E-state index in [-0.39, 0.29) is 22.2 Å². The van der Waals surface area contributed by atoms with Crippen LogP contribution < -0.4 is 9.62 Å². The predicted molar refractivity (Wildman–Crippen MR) is 152 cm³/mol. The highest BCUT2D eigenvalue weighted by Gasteiger charge is 2.33. The van der Waals surface area contributed by atoms with Crippen molar-refractivity contribution in [1.82, 2.24) is 10.2 Å². The average molecular weight is 595 g/mol. The Labute approximate surface area is 238 Å².